The first-order valence-electron chi connectivity index (χ1n) is 10.6. The zero-order valence-electron chi connectivity index (χ0n) is 16.7. The number of ether oxygens (including phenoxy) is 1. The molecule has 29 heavy (non-hydrogen) atoms. The molecule has 0 spiro atoms. The summed E-state index contributed by atoms with van der Waals surface area (Å²) in [6, 6.07) is 1.83. The van der Waals surface area contributed by atoms with E-state index in [0.29, 0.717) is 6.54 Å². The molecule has 1 aromatic heterocycles. The van der Waals surface area contributed by atoms with Crippen molar-refractivity contribution in [2.24, 2.45) is 17.6 Å². The fourth-order valence-electron chi connectivity index (χ4n) is 4.79. The molecule has 2 bridgehead atoms. The third kappa shape index (κ3) is 4.51. The second-order valence-corrected chi connectivity index (χ2v) is 8.12. The Labute approximate surface area is 171 Å². The van der Waals surface area contributed by atoms with Crippen molar-refractivity contribution < 1.29 is 14.3 Å². The first-order valence-corrected chi connectivity index (χ1v) is 10.6. The van der Waals surface area contributed by atoms with Gasteiger partial charge >= 0.3 is 0 Å². The predicted molar refractivity (Wildman–Crippen MR) is 107 cm³/mol. The van der Waals surface area contributed by atoms with Crippen LogP contribution in [-0.4, -0.2) is 78.2 Å². The number of piperazine rings is 1. The van der Waals surface area contributed by atoms with Crippen molar-refractivity contribution in [1.82, 2.24) is 20.2 Å². The fourth-order valence-corrected chi connectivity index (χ4v) is 4.79. The zero-order valence-corrected chi connectivity index (χ0v) is 16.7. The molecule has 0 saturated carbocycles. The van der Waals surface area contributed by atoms with Gasteiger partial charge < -0.3 is 20.7 Å². The van der Waals surface area contributed by atoms with Crippen LogP contribution >= 0.6 is 0 Å². The van der Waals surface area contributed by atoms with E-state index in [1.807, 2.05) is 6.07 Å². The van der Waals surface area contributed by atoms with Crippen LogP contribution in [-0.2, 0) is 14.3 Å². The fraction of sp³-hybridized carbons (Fsp3) is 0.700. The van der Waals surface area contributed by atoms with E-state index in [1.165, 1.54) is 0 Å². The molecule has 4 atom stereocenters. The number of anilines is 1. The summed E-state index contributed by atoms with van der Waals surface area (Å²) >= 11 is 0. The Kier molecular flexibility index (Phi) is 6.25. The highest BCUT2D eigenvalue weighted by Crippen LogP contribution is 2.43. The Morgan fingerprint density at radius 1 is 1.07 bits per heavy atom. The second kappa shape index (κ2) is 9.04. The van der Waals surface area contributed by atoms with Gasteiger partial charge in [-0.15, -0.1) is 0 Å². The van der Waals surface area contributed by atoms with Crippen LogP contribution in [0.25, 0.3) is 0 Å². The number of carbonyl (C=O) groups excluding carboxylic acids is 2. The summed E-state index contributed by atoms with van der Waals surface area (Å²) < 4.78 is 5.75. The molecule has 3 N–H and O–H groups in total. The molecule has 1 aromatic rings. The highest BCUT2D eigenvalue weighted by Gasteiger charge is 2.54. The van der Waals surface area contributed by atoms with Gasteiger partial charge in [-0.25, -0.2) is 9.97 Å². The molecule has 9 heteroatoms. The van der Waals surface area contributed by atoms with Crippen LogP contribution in [0.5, 0.6) is 0 Å². The number of hydrogen-bond acceptors (Lipinski definition) is 7. The number of carbonyl (C=O) groups is 2. The maximum atomic E-state index is 12.6. The Morgan fingerprint density at radius 2 is 1.76 bits per heavy atom. The summed E-state index contributed by atoms with van der Waals surface area (Å²) in [6.07, 6.45) is 6.83. The first kappa shape index (κ1) is 20.0. The van der Waals surface area contributed by atoms with E-state index >= 15 is 0 Å². The SMILES string of the molecule is NC(=O)C1C2CCC(O2)C1C(=O)NCCCCN1CCN(c2ncccn2)CC1. The van der Waals surface area contributed by atoms with Gasteiger partial charge in [-0.3, -0.25) is 14.5 Å². The average Bonchev–Trinajstić information content (AvgIpc) is 3.36. The maximum absolute atomic E-state index is 12.6. The lowest BCUT2D eigenvalue weighted by Gasteiger charge is -2.34. The summed E-state index contributed by atoms with van der Waals surface area (Å²) in [6.45, 7) is 5.48. The predicted octanol–water partition coefficient (Wildman–Crippen LogP) is -0.226. The van der Waals surface area contributed by atoms with Crippen molar-refractivity contribution in [3.05, 3.63) is 18.5 Å². The largest absolute Gasteiger partial charge is 0.373 e. The summed E-state index contributed by atoms with van der Waals surface area (Å²) in [5.74, 6) is -0.596. The lowest BCUT2D eigenvalue weighted by molar-refractivity contribution is -0.133. The van der Waals surface area contributed by atoms with Crippen LogP contribution < -0.4 is 16.0 Å². The van der Waals surface area contributed by atoms with Crippen molar-refractivity contribution in [2.45, 2.75) is 37.9 Å². The van der Waals surface area contributed by atoms with Crippen molar-refractivity contribution in [2.75, 3.05) is 44.2 Å². The molecule has 2 amide bonds. The molecule has 3 aliphatic heterocycles. The maximum Gasteiger partial charge on any atom is 0.226 e. The van der Waals surface area contributed by atoms with Gasteiger partial charge in [-0.1, -0.05) is 0 Å². The van der Waals surface area contributed by atoms with Gasteiger partial charge in [-0.2, -0.15) is 0 Å². The molecule has 4 heterocycles. The summed E-state index contributed by atoms with van der Waals surface area (Å²) in [5.41, 5.74) is 5.50. The standard InChI is InChI=1S/C20H30N6O3/c21-18(27)16-14-4-5-15(29-14)17(16)19(28)22-6-1-2-9-25-10-12-26(13-11-25)20-23-7-3-8-24-20/h3,7-8,14-17H,1-2,4-6,9-13H2,(H2,21,27)(H,22,28). The quantitative estimate of drug-likeness (QED) is 0.578. The molecule has 3 fully saturated rings. The average molecular weight is 402 g/mol. The van der Waals surface area contributed by atoms with Crippen LogP contribution in [0.15, 0.2) is 18.5 Å². The Balaban J connectivity index is 1.12. The Hall–Kier alpha value is -2.26. The molecule has 3 aliphatic rings. The highest BCUT2D eigenvalue weighted by molar-refractivity contribution is 5.88. The summed E-state index contributed by atoms with van der Waals surface area (Å²) in [4.78, 5) is 37.5. The topological polar surface area (TPSA) is 114 Å². The van der Waals surface area contributed by atoms with E-state index < -0.39 is 17.7 Å². The number of primary amides is 1. The highest BCUT2D eigenvalue weighted by atomic mass is 16.5. The van der Waals surface area contributed by atoms with Crippen molar-refractivity contribution in [1.29, 1.82) is 0 Å². The van der Waals surface area contributed by atoms with Crippen LogP contribution in [0.4, 0.5) is 5.95 Å². The van der Waals surface area contributed by atoms with Gasteiger partial charge in [0.25, 0.3) is 0 Å². The molecule has 0 radical (unpaired) electrons. The Morgan fingerprint density at radius 3 is 2.45 bits per heavy atom. The molecule has 4 rings (SSSR count). The number of hydrogen-bond donors (Lipinski definition) is 2. The van der Waals surface area contributed by atoms with Gasteiger partial charge in [0, 0.05) is 45.1 Å². The van der Waals surface area contributed by atoms with Gasteiger partial charge in [0.05, 0.1) is 24.0 Å². The zero-order chi connectivity index (χ0) is 20.2. The van der Waals surface area contributed by atoms with Crippen LogP contribution in [0.3, 0.4) is 0 Å². The number of nitrogens with zero attached hydrogens (tertiary/aromatic N) is 4. The van der Waals surface area contributed by atoms with E-state index in [2.05, 4.69) is 25.1 Å². The number of rotatable bonds is 8. The van der Waals surface area contributed by atoms with Gasteiger partial charge in [0.2, 0.25) is 17.8 Å². The number of nitrogens with two attached hydrogens (primary N) is 1. The lowest BCUT2D eigenvalue weighted by atomic mass is 9.78. The number of amides is 2. The van der Waals surface area contributed by atoms with Crippen molar-refractivity contribution in [3.8, 4) is 0 Å². The van der Waals surface area contributed by atoms with Crippen LogP contribution in [0, 0.1) is 11.8 Å². The summed E-state index contributed by atoms with van der Waals surface area (Å²) in [7, 11) is 0. The number of unbranched alkanes of at least 4 members (excludes halogenated alkanes) is 1. The van der Waals surface area contributed by atoms with Gasteiger partial charge in [0.1, 0.15) is 0 Å². The van der Waals surface area contributed by atoms with Crippen LogP contribution in [0.1, 0.15) is 25.7 Å². The van der Waals surface area contributed by atoms with E-state index in [0.717, 1.165) is 64.4 Å². The normalized spacial score (nSPS) is 29.2. The minimum atomic E-state index is -0.473. The smallest absolute Gasteiger partial charge is 0.226 e. The number of aromatic nitrogens is 2. The molecular formula is C20H30N6O3. The molecule has 4 unspecified atom stereocenters. The molecule has 3 saturated heterocycles. The Bertz CT molecular complexity index is 709. The van der Waals surface area contributed by atoms with E-state index in [1.54, 1.807) is 12.4 Å². The molecule has 9 nitrogen and oxygen atoms in total. The first-order chi connectivity index (χ1) is 14.1. The van der Waals surface area contributed by atoms with E-state index in [4.69, 9.17) is 10.5 Å². The van der Waals surface area contributed by atoms with Crippen LogP contribution in [0.2, 0.25) is 0 Å². The number of fused-ring (bicyclic) bond motifs is 2. The third-order valence-electron chi connectivity index (χ3n) is 6.31. The van der Waals surface area contributed by atoms with E-state index in [-0.39, 0.29) is 18.1 Å². The molecule has 158 valence electrons. The lowest BCUT2D eigenvalue weighted by Crippen LogP contribution is -2.47. The monoisotopic (exact) mass is 402 g/mol. The molecule has 0 aliphatic carbocycles. The molecule has 0 aromatic carbocycles. The van der Waals surface area contributed by atoms with Gasteiger partial charge in [-0.05, 0) is 38.3 Å². The second-order valence-electron chi connectivity index (χ2n) is 8.12. The van der Waals surface area contributed by atoms with E-state index in [9.17, 15) is 9.59 Å². The van der Waals surface area contributed by atoms with Crippen molar-refractivity contribution >= 4 is 17.8 Å². The minimum absolute atomic E-state index is 0.0857. The minimum Gasteiger partial charge on any atom is -0.373 e. The molecular weight excluding hydrogens is 372 g/mol. The number of nitrogens with one attached hydrogen (secondary N) is 1. The van der Waals surface area contributed by atoms with Crippen molar-refractivity contribution in [3.63, 3.8) is 0 Å². The third-order valence-corrected chi connectivity index (χ3v) is 6.31. The summed E-state index contributed by atoms with van der Waals surface area (Å²) in [5, 5.41) is 2.99. The van der Waals surface area contributed by atoms with Gasteiger partial charge in [0.15, 0.2) is 0 Å².